The second kappa shape index (κ2) is 6.13. The fourth-order valence-corrected chi connectivity index (χ4v) is 4.13. The summed E-state index contributed by atoms with van der Waals surface area (Å²) in [6.07, 6.45) is 3.59. The lowest BCUT2D eigenvalue weighted by atomic mass is 10.1. The minimum Gasteiger partial charge on any atom is -0.497 e. The molecule has 2 aliphatic rings. The third-order valence-electron chi connectivity index (χ3n) is 5.47. The van der Waals surface area contributed by atoms with Crippen molar-refractivity contribution >= 4 is 16.8 Å². The Morgan fingerprint density at radius 3 is 2.92 bits per heavy atom. The minimum absolute atomic E-state index is 0.135. The molecule has 1 amide bonds. The SMILES string of the molecule is COc1cc(C)c2cc(C(=O)N3CCN4CCCCC3C4)[nH]c2c1. The van der Waals surface area contributed by atoms with Gasteiger partial charge in [-0.3, -0.25) is 9.69 Å². The second-order valence-corrected chi connectivity index (χ2v) is 7.04. The summed E-state index contributed by atoms with van der Waals surface area (Å²) < 4.78 is 5.34. The summed E-state index contributed by atoms with van der Waals surface area (Å²) in [5, 5.41) is 1.10. The number of benzene rings is 1. The van der Waals surface area contributed by atoms with Crippen molar-refractivity contribution in [3.63, 3.8) is 0 Å². The highest BCUT2D eigenvalue weighted by Crippen LogP contribution is 2.27. The molecule has 0 saturated carbocycles. The van der Waals surface area contributed by atoms with E-state index in [-0.39, 0.29) is 5.91 Å². The Morgan fingerprint density at radius 1 is 1.21 bits per heavy atom. The number of aryl methyl sites for hydroxylation is 1. The Kier molecular flexibility index (Phi) is 3.96. The van der Waals surface area contributed by atoms with E-state index < -0.39 is 0 Å². The number of nitrogens with one attached hydrogen (secondary N) is 1. The number of aromatic nitrogens is 1. The highest BCUT2D eigenvalue weighted by atomic mass is 16.5. The maximum absolute atomic E-state index is 13.1. The molecule has 0 radical (unpaired) electrons. The molecule has 1 aromatic heterocycles. The maximum atomic E-state index is 13.1. The van der Waals surface area contributed by atoms with Crippen LogP contribution in [-0.2, 0) is 0 Å². The molecule has 3 heterocycles. The highest BCUT2D eigenvalue weighted by molar-refractivity contribution is 5.99. The number of nitrogens with zero attached hydrogens (tertiary/aromatic N) is 2. The minimum atomic E-state index is 0.135. The number of hydrogen-bond acceptors (Lipinski definition) is 3. The van der Waals surface area contributed by atoms with Crippen LogP contribution >= 0.6 is 0 Å². The zero-order valence-electron chi connectivity index (χ0n) is 14.5. The van der Waals surface area contributed by atoms with Crippen LogP contribution in [-0.4, -0.2) is 60.0 Å². The van der Waals surface area contributed by atoms with Crippen LogP contribution in [0.25, 0.3) is 10.9 Å². The van der Waals surface area contributed by atoms with Gasteiger partial charge in [-0.1, -0.05) is 6.42 Å². The Bertz CT molecular complexity index is 767. The lowest BCUT2D eigenvalue weighted by molar-refractivity contribution is 0.0479. The van der Waals surface area contributed by atoms with Crippen LogP contribution in [0.3, 0.4) is 0 Å². The third-order valence-corrected chi connectivity index (χ3v) is 5.47. The van der Waals surface area contributed by atoms with Gasteiger partial charge in [0.25, 0.3) is 5.91 Å². The summed E-state index contributed by atoms with van der Waals surface area (Å²) in [4.78, 5) is 21.0. The molecule has 5 heteroatoms. The summed E-state index contributed by atoms with van der Waals surface area (Å²) in [7, 11) is 1.67. The van der Waals surface area contributed by atoms with E-state index in [1.54, 1.807) is 7.11 Å². The smallest absolute Gasteiger partial charge is 0.270 e. The van der Waals surface area contributed by atoms with E-state index in [9.17, 15) is 4.79 Å². The average molecular weight is 327 g/mol. The number of fused-ring (bicyclic) bond motifs is 3. The molecule has 1 N–H and O–H groups in total. The van der Waals surface area contributed by atoms with Crippen LogP contribution in [0.2, 0.25) is 0 Å². The first-order chi connectivity index (χ1) is 11.7. The van der Waals surface area contributed by atoms with Gasteiger partial charge in [-0.15, -0.1) is 0 Å². The molecule has 128 valence electrons. The predicted molar refractivity (Wildman–Crippen MR) is 94.7 cm³/mol. The second-order valence-electron chi connectivity index (χ2n) is 7.04. The van der Waals surface area contributed by atoms with Gasteiger partial charge in [-0.05, 0) is 44.0 Å². The number of carbonyl (C=O) groups is 1. The van der Waals surface area contributed by atoms with E-state index >= 15 is 0 Å². The number of amides is 1. The van der Waals surface area contributed by atoms with Crippen LogP contribution in [0.1, 0.15) is 35.3 Å². The number of ether oxygens (including phenoxy) is 1. The molecule has 2 unspecified atom stereocenters. The van der Waals surface area contributed by atoms with Gasteiger partial charge in [0.05, 0.1) is 7.11 Å². The largest absolute Gasteiger partial charge is 0.497 e. The quantitative estimate of drug-likeness (QED) is 0.923. The first-order valence-corrected chi connectivity index (χ1v) is 8.86. The molecule has 2 saturated heterocycles. The molecule has 0 aliphatic carbocycles. The van der Waals surface area contributed by atoms with Crippen molar-refractivity contribution in [2.45, 2.75) is 32.2 Å². The number of methoxy groups -OCH3 is 1. The van der Waals surface area contributed by atoms with E-state index in [1.807, 2.05) is 18.2 Å². The molecule has 2 aliphatic heterocycles. The van der Waals surface area contributed by atoms with Crippen LogP contribution in [0, 0.1) is 6.92 Å². The molecule has 2 atom stereocenters. The Hall–Kier alpha value is -2.01. The summed E-state index contributed by atoms with van der Waals surface area (Å²) in [5.41, 5.74) is 2.78. The van der Waals surface area contributed by atoms with Gasteiger partial charge in [0.15, 0.2) is 0 Å². The zero-order chi connectivity index (χ0) is 16.7. The highest BCUT2D eigenvalue weighted by Gasteiger charge is 2.32. The summed E-state index contributed by atoms with van der Waals surface area (Å²) >= 11 is 0. The van der Waals surface area contributed by atoms with Gasteiger partial charge in [-0.2, -0.15) is 0 Å². The number of rotatable bonds is 2. The van der Waals surface area contributed by atoms with Crippen molar-refractivity contribution in [1.82, 2.24) is 14.8 Å². The predicted octanol–water partition coefficient (Wildman–Crippen LogP) is 2.80. The van der Waals surface area contributed by atoms with Gasteiger partial charge >= 0.3 is 0 Å². The van der Waals surface area contributed by atoms with Crippen molar-refractivity contribution < 1.29 is 9.53 Å². The topological polar surface area (TPSA) is 48.6 Å². The first-order valence-electron chi connectivity index (χ1n) is 8.86. The first kappa shape index (κ1) is 15.5. The van der Waals surface area contributed by atoms with Crippen LogP contribution in [0.5, 0.6) is 5.75 Å². The summed E-state index contributed by atoms with van der Waals surface area (Å²) in [6, 6.07) is 6.32. The number of carbonyl (C=O) groups excluding carboxylic acids is 1. The van der Waals surface area contributed by atoms with Crippen molar-refractivity contribution in [3.05, 3.63) is 29.5 Å². The Labute approximate surface area is 142 Å². The molecule has 5 nitrogen and oxygen atoms in total. The van der Waals surface area contributed by atoms with Crippen molar-refractivity contribution in [2.75, 3.05) is 33.3 Å². The van der Waals surface area contributed by atoms with Crippen LogP contribution in [0.15, 0.2) is 18.2 Å². The third kappa shape index (κ3) is 2.67. The van der Waals surface area contributed by atoms with Crippen molar-refractivity contribution in [1.29, 1.82) is 0 Å². The molecule has 0 spiro atoms. The molecule has 4 rings (SSSR count). The van der Waals surface area contributed by atoms with E-state index in [4.69, 9.17) is 4.74 Å². The standard InChI is InChI=1S/C19H25N3O2/c1-13-9-15(24-2)10-17-16(13)11-18(20-17)19(23)22-8-7-21-6-4-3-5-14(22)12-21/h9-11,14,20H,3-8,12H2,1-2H3. The molecule has 2 fully saturated rings. The zero-order valence-corrected chi connectivity index (χ0v) is 14.5. The molecular formula is C19H25N3O2. The normalized spacial score (nSPS) is 24.0. The molecule has 2 aromatic rings. The number of H-pyrrole nitrogens is 1. The van der Waals surface area contributed by atoms with E-state index in [2.05, 4.69) is 21.7 Å². The number of aromatic amines is 1. The van der Waals surface area contributed by atoms with E-state index in [1.165, 1.54) is 19.4 Å². The van der Waals surface area contributed by atoms with E-state index in [0.29, 0.717) is 11.7 Å². The molecule has 2 bridgehead atoms. The fourth-order valence-electron chi connectivity index (χ4n) is 4.13. The lowest BCUT2D eigenvalue weighted by Crippen LogP contribution is -2.54. The average Bonchev–Trinajstić information content (AvgIpc) is 2.94. The van der Waals surface area contributed by atoms with E-state index in [0.717, 1.165) is 48.3 Å². The van der Waals surface area contributed by atoms with Crippen molar-refractivity contribution in [3.8, 4) is 5.75 Å². The van der Waals surface area contributed by atoms with Gasteiger partial charge in [0, 0.05) is 42.6 Å². The monoisotopic (exact) mass is 327 g/mol. The lowest BCUT2D eigenvalue weighted by Gasteiger charge is -2.39. The summed E-state index contributed by atoms with van der Waals surface area (Å²) in [6.45, 7) is 6.09. The van der Waals surface area contributed by atoms with Gasteiger partial charge in [0.2, 0.25) is 0 Å². The maximum Gasteiger partial charge on any atom is 0.270 e. The molecular weight excluding hydrogens is 302 g/mol. The molecule has 24 heavy (non-hydrogen) atoms. The van der Waals surface area contributed by atoms with Gasteiger partial charge in [0.1, 0.15) is 11.4 Å². The van der Waals surface area contributed by atoms with Gasteiger partial charge in [-0.25, -0.2) is 0 Å². The van der Waals surface area contributed by atoms with Crippen LogP contribution < -0.4 is 4.74 Å². The fraction of sp³-hybridized carbons (Fsp3) is 0.526. The Morgan fingerprint density at radius 2 is 2.08 bits per heavy atom. The van der Waals surface area contributed by atoms with Gasteiger partial charge < -0.3 is 14.6 Å². The number of hydrogen-bond donors (Lipinski definition) is 1. The van der Waals surface area contributed by atoms with Crippen molar-refractivity contribution in [2.24, 2.45) is 0 Å². The summed E-state index contributed by atoms with van der Waals surface area (Å²) in [5.74, 6) is 0.953. The molecule has 1 aromatic carbocycles. The number of piperazine rings is 1. The van der Waals surface area contributed by atoms with Crippen LogP contribution in [0.4, 0.5) is 0 Å². The Balaban J connectivity index is 1.64.